The van der Waals surface area contributed by atoms with Gasteiger partial charge in [0, 0.05) is 24.2 Å². The van der Waals surface area contributed by atoms with Gasteiger partial charge in [0.25, 0.3) is 5.91 Å². The number of anilines is 1. The Balaban J connectivity index is 1.56. The van der Waals surface area contributed by atoms with Gasteiger partial charge in [0.1, 0.15) is 0 Å². The van der Waals surface area contributed by atoms with Crippen LogP contribution in [0, 0.1) is 0 Å². The zero-order valence-corrected chi connectivity index (χ0v) is 13.5. The first-order valence-electron chi connectivity index (χ1n) is 7.50. The lowest BCUT2D eigenvalue weighted by Crippen LogP contribution is -2.41. The van der Waals surface area contributed by atoms with Crippen molar-refractivity contribution in [2.75, 3.05) is 31.6 Å². The Bertz CT molecular complexity index is 662. The van der Waals surface area contributed by atoms with E-state index in [-0.39, 0.29) is 11.8 Å². The normalized spacial score (nSPS) is 14.5. The quantitative estimate of drug-likeness (QED) is 0.936. The molecule has 120 valence electrons. The minimum Gasteiger partial charge on any atom is -0.378 e. The fourth-order valence-corrected chi connectivity index (χ4v) is 3.04. The average Bonchev–Trinajstić information content (AvgIpc) is 3.12. The number of nitrogens with one attached hydrogen (secondary N) is 1. The molecule has 6 heteroatoms. The SMILES string of the molecule is O=C(Nc1ccc(CC(=O)N2CCOCC2)cc1)c1ccsc1. The van der Waals surface area contributed by atoms with Crippen LogP contribution in [0.15, 0.2) is 41.1 Å². The molecule has 23 heavy (non-hydrogen) atoms. The van der Waals surface area contributed by atoms with Crippen LogP contribution in [0.2, 0.25) is 0 Å². The maximum atomic E-state index is 12.2. The number of carbonyl (C=O) groups is 2. The molecule has 1 aromatic carbocycles. The molecular weight excluding hydrogens is 312 g/mol. The summed E-state index contributed by atoms with van der Waals surface area (Å²) in [5.74, 6) is -0.00764. The predicted octanol–water partition coefficient (Wildman–Crippen LogP) is 2.40. The van der Waals surface area contributed by atoms with Gasteiger partial charge in [0.05, 0.1) is 25.2 Å². The number of benzene rings is 1. The highest BCUT2D eigenvalue weighted by Gasteiger charge is 2.16. The first-order valence-corrected chi connectivity index (χ1v) is 8.45. The number of carbonyl (C=O) groups excluding carboxylic acids is 2. The van der Waals surface area contributed by atoms with Crippen LogP contribution >= 0.6 is 11.3 Å². The topological polar surface area (TPSA) is 58.6 Å². The van der Waals surface area contributed by atoms with Gasteiger partial charge < -0.3 is 15.0 Å². The summed E-state index contributed by atoms with van der Waals surface area (Å²) in [5, 5.41) is 6.52. The van der Waals surface area contributed by atoms with Crippen molar-refractivity contribution >= 4 is 28.8 Å². The molecule has 1 aromatic heterocycles. The van der Waals surface area contributed by atoms with Gasteiger partial charge in [-0.05, 0) is 29.1 Å². The monoisotopic (exact) mass is 330 g/mol. The van der Waals surface area contributed by atoms with Gasteiger partial charge in [0.2, 0.25) is 5.91 Å². The standard InChI is InChI=1S/C17H18N2O3S/c20-16(19-6-8-22-9-7-19)11-13-1-3-15(4-2-13)18-17(21)14-5-10-23-12-14/h1-5,10,12H,6-9,11H2,(H,18,21). The smallest absolute Gasteiger partial charge is 0.256 e. The molecule has 1 saturated heterocycles. The van der Waals surface area contributed by atoms with Crippen molar-refractivity contribution in [3.63, 3.8) is 0 Å². The lowest BCUT2D eigenvalue weighted by Gasteiger charge is -2.26. The Hall–Kier alpha value is -2.18. The van der Waals surface area contributed by atoms with Crippen molar-refractivity contribution in [1.82, 2.24) is 4.90 Å². The second-order valence-corrected chi connectivity index (χ2v) is 6.11. The van der Waals surface area contributed by atoms with Crippen LogP contribution in [0.5, 0.6) is 0 Å². The van der Waals surface area contributed by atoms with Gasteiger partial charge >= 0.3 is 0 Å². The van der Waals surface area contributed by atoms with Gasteiger partial charge in [-0.2, -0.15) is 11.3 Å². The van der Waals surface area contributed by atoms with E-state index >= 15 is 0 Å². The number of rotatable bonds is 4. The zero-order valence-electron chi connectivity index (χ0n) is 12.7. The Kier molecular flexibility index (Phi) is 5.05. The van der Waals surface area contributed by atoms with Crippen LogP contribution in [-0.4, -0.2) is 43.0 Å². The Labute approximate surface area is 138 Å². The lowest BCUT2D eigenvalue weighted by atomic mass is 10.1. The van der Waals surface area contributed by atoms with E-state index in [1.165, 1.54) is 11.3 Å². The molecule has 5 nitrogen and oxygen atoms in total. The number of thiophene rings is 1. The molecule has 1 fully saturated rings. The Morgan fingerprint density at radius 1 is 1.13 bits per heavy atom. The summed E-state index contributed by atoms with van der Waals surface area (Å²) >= 11 is 1.49. The summed E-state index contributed by atoms with van der Waals surface area (Å²) in [5.41, 5.74) is 2.32. The van der Waals surface area contributed by atoms with Gasteiger partial charge in [-0.3, -0.25) is 9.59 Å². The summed E-state index contributed by atoms with van der Waals surface area (Å²) in [6, 6.07) is 9.19. The first-order chi connectivity index (χ1) is 11.2. The molecule has 2 aromatic rings. The van der Waals surface area contributed by atoms with E-state index in [1.807, 2.05) is 39.9 Å². The molecule has 1 aliphatic heterocycles. The lowest BCUT2D eigenvalue weighted by molar-refractivity contribution is -0.134. The van der Waals surface area contributed by atoms with Crippen molar-refractivity contribution in [3.8, 4) is 0 Å². The van der Waals surface area contributed by atoms with Crippen LogP contribution < -0.4 is 5.32 Å². The third-order valence-corrected chi connectivity index (χ3v) is 4.40. The third kappa shape index (κ3) is 4.18. The first kappa shape index (κ1) is 15.7. The van der Waals surface area contributed by atoms with E-state index in [2.05, 4.69) is 5.32 Å². The molecule has 0 bridgehead atoms. The summed E-state index contributed by atoms with van der Waals surface area (Å²) in [6.45, 7) is 2.54. The predicted molar refractivity (Wildman–Crippen MR) is 89.8 cm³/mol. The van der Waals surface area contributed by atoms with Crippen LogP contribution in [-0.2, 0) is 16.0 Å². The summed E-state index contributed by atoms with van der Waals surface area (Å²) < 4.78 is 5.25. The molecule has 0 spiro atoms. The molecule has 1 N–H and O–H groups in total. The minimum absolute atomic E-state index is 0.114. The van der Waals surface area contributed by atoms with E-state index in [1.54, 1.807) is 6.07 Å². The summed E-state index contributed by atoms with van der Waals surface area (Å²) in [7, 11) is 0. The van der Waals surface area contributed by atoms with Crippen LogP contribution in [0.1, 0.15) is 15.9 Å². The fourth-order valence-electron chi connectivity index (χ4n) is 2.40. The van der Waals surface area contributed by atoms with Gasteiger partial charge in [-0.15, -0.1) is 0 Å². The van der Waals surface area contributed by atoms with Crippen molar-refractivity contribution in [2.24, 2.45) is 0 Å². The number of hydrogen-bond donors (Lipinski definition) is 1. The maximum Gasteiger partial charge on any atom is 0.256 e. The third-order valence-electron chi connectivity index (χ3n) is 3.71. The van der Waals surface area contributed by atoms with E-state index in [4.69, 9.17) is 4.74 Å². The van der Waals surface area contributed by atoms with E-state index in [9.17, 15) is 9.59 Å². The molecule has 0 saturated carbocycles. The van der Waals surface area contributed by atoms with Gasteiger partial charge in [0.15, 0.2) is 0 Å². The van der Waals surface area contributed by atoms with Gasteiger partial charge in [-0.1, -0.05) is 12.1 Å². The molecule has 0 unspecified atom stereocenters. The number of nitrogens with zero attached hydrogens (tertiary/aromatic N) is 1. The average molecular weight is 330 g/mol. The number of morpholine rings is 1. The number of amides is 2. The van der Waals surface area contributed by atoms with Crippen molar-refractivity contribution in [2.45, 2.75) is 6.42 Å². The van der Waals surface area contributed by atoms with E-state index < -0.39 is 0 Å². The number of hydrogen-bond acceptors (Lipinski definition) is 4. The van der Waals surface area contributed by atoms with Crippen molar-refractivity contribution < 1.29 is 14.3 Å². The van der Waals surface area contributed by atoms with Crippen molar-refractivity contribution in [3.05, 3.63) is 52.2 Å². The largest absolute Gasteiger partial charge is 0.378 e. The molecule has 0 atom stereocenters. The summed E-state index contributed by atoms with van der Waals surface area (Å²) in [6.07, 6.45) is 0.374. The zero-order chi connectivity index (χ0) is 16.1. The van der Waals surface area contributed by atoms with Crippen LogP contribution in [0.25, 0.3) is 0 Å². The highest BCUT2D eigenvalue weighted by atomic mass is 32.1. The second kappa shape index (κ2) is 7.39. The molecule has 2 heterocycles. The van der Waals surface area contributed by atoms with Crippen molar-refractivity contribution in [1.29, 1.82) is 0 Å². The molecule has 3 rings (SSSR count). The maximum absolute atomic E-state index is 12.2. The van der Waals surface area contributed by atoms with E-state index in [0.717, 1.165) is 11.3 Å². The second-order valence-electron chi connectivity index (χ2n) is 5.33. The Morgan fingerprint density at radius 3 is 2.52 bits per heavy atom. The molecule has 0 radical (unpaired) electrons. The van der Waals surface area contributed by atoms with Crippen LogP contribution in [0.3, 0.4) is 0 Å². The van der Waals surface area contributed by atoms with Gasteiger partial charge in [-0.25, -0.2) is 0 Å². The Morgan fingerprint density at radius 2 is 1.87 bits per heavy atom. The number of ether oxygens (including phenoxy) is 1. The fraction of sp³-hybridized carbons (Fsp3) is 0.294. The highest BCUT2D eigenvalue weighted by Crippen LogP contribution is 2.14. The minimum atomic E-state index is -0.122. The highest BCUT2D eigenvalue weighted by molar-refractivity contribution is 7.08. The molecule has 2 amide bonds. The van der Waals surface area contributed by atoms with E-state index in [0.29, 0.717) is 38.3 Å². The molecular formula is C17H18N2O3S. The summed E-state index contributed by atoms with van der Waals surface area (Å²) in [4.78, 5) is 26.0. The molecule has 1 aliphatic rings. The van der Waals surface area contributed by atoms with Crippen LogP contribution in [0.4, 0.5) is 5.69 Å². The molecule has 0 aliphatic carbocycles.